The van der Waals surface area contributed by atoms with Crippen molar-refractivity contribution in [3.8, 4) is 0 Å². The van der Waals surface area contributed by atoms with Gasteiger partial charge in [0.05, 0.1) is 17.6 Å². The predicted molar refractivity (Wildman–Crippen MR) is 31.5 cm³/mol. The first kappa shape index (κ1) is 6.13. The fourth-order valence-electron chi connectivity index (χ4n) is 0.583. The van der Waals surface area contributed by atoms with Gasteiger partial charge in [-0.05, 0) is 13.8 Å². The number of aryl methyl sites for hydroxylation is 2. The Morgan fingerprint density at radius 1 is 1.44 bits per heavy atom. The number of halogens is 1. The summed E-state index contributed by atoms with van der Waals surface area (Å²) < 4.78 is 12.3. The Bertz CT molecular complexity index is 222. The molecule has 0 aliphatic rings. The fraction of sp³-hybridized carbons (Fsp3) is 0.333. The molecular formula is C6H7FN2. The molecule has 1 aromatic heterocycles. The summed E-state index contributed by atoms with van der Waals surface area (Å²) in [4.78, 5) is 7.28. The molecule has 0 amide bonds. The second kappa shape index (κ2) is 2.09. The maximum Gasteiger partial charge on any atom is 0.234 e. The molecule has 1 heterocycles. The van der Waals surface area contributed by atoms with E-state index in [0.717, 1.165) is 5.69 Å². The van der Waals surface area contributed by atoms with Crippen LogP contribution in [0.25, 0.3) is 0 Å². The van der Waals surface area contributed by atoms with E-state index in [-0.39, 0.29) is 0 Å². The van der Waals surface area contributed by atoms with Gasteiger partial charge in [-0.2, -0.15) is 4.39 Å². The largest absolute Gasteiger partial charge is 0.252 e. The molecule has 2 nitrogen and oxygen atoms in total. The zero-order valence-electron chi connectivity index (χ0n) is 5.35. The number of hydrogen-bond donors (Lipinski definition) is 0. The molecule has 3 heteroatoms. The maximum atomic E-state index is 12.3. The molecule has 0 bridgehead atoms. The minimum atomic E-state index is -0.486. The fourth-order valence-corrected chi connectivity index (χ4v) is 0.583. The van der Waals surface area contributed by atoms with Gasteiger partial charge in [0.15, 0.2) is 0 Å². The normalized spacial score (nSPS) is 9.67. The van der Waals surface area contributed by atoms with Crippen molar-refractivity contribution in [3.63, 3.8) is 0 Å². The van der Waals surface area contributed by atoms with Crippen LogP contribution in [0.1, 0.15) is 11.4 Å². The Balaban J connectivity index is 3.17. The highest BCUT2D eigenvalue weighted by Gasteiger charge is 1.96. The monoisotopic (exact) mass is 126 g/mol. The predicted octanol–water partition coefficient (Wildman–Crippen LogP) is 1.23. The van der Waals surface area contributed by atoms with Crippen LogP contribution in [0.3, 0.4) is 0 Å². The minimum absolute atomic E-state index is 0.356. The van der Waals surface area contributed by atoms with Crippen LogP contribution in [0.4, 0.5) is 4.39 Å². The van der Waals surface area contributed by atoms with E-state index in [1.165, 1.54) is 6.20 Å². The highest BCUT2D eigenvalue weighted by atomic mass is 19.1. The summed E-state index contributed by atoms with van der Waals surface area (Å²) in [7, 11) is 0. The zero-order valence-corrected chi connectivity index (χ0v) is 5.35. The zero-order chi connectivity index (χ0) is 6.85. The number of rotatable bonds is 0. The standard InChI is InChI=1S/C6H7FN2/c1-4-3-8-6(7)5(2)9-4/h3H,1-2H3. The van der Waals surface area contributed by atoms with E-state index in [0.29, 0.717) is 5.69 Å². The lowest BCUT2D eigenvalue weighted by atomic mass is 10.4. The third-order valence-corrected chi connectivity index (χ3v) is 1.01. The molecule has 0 aliphatic carbocycles. The van der Waals surface area contributed by atoms with Gasteiger partial charge in [0.2, 0.25) is 5.95 Å². The van der Waals surface area contributed by atoms with E-state index in [4.69, 9.17) is 0 Å². The van der Waals surface area contributed by atoms with E-state index in [9.17, 15) is 4.39 Å². The minimum Gasteiger partial charge on any atom is -0.252 e. The van der Waals surface area contributed by atoms with Crippen molar-refractivity contribution >= 4 is 0 Å². The first-order chi connectivity index (χ1) is 4.20. The molecule has 0 unspecified atom stereocenters. The molecule has 0 aromatic carbocycles. The van der Waals surface area contributed by atoms with Crippen molar-refractivity contribution < 1.29 is 4.39 Å². The first-order valence-corrected chi connectivity index (χ1v) is 2.66. The summed E-state index contributed by atoms with van der Waals surface area (Å²) in [6.07, 6.45) is 1.41. The van der Waals surface area contributed by atoms with Gasteiger partial charge >= 0.3 is 0 Å². The van der Waals surface area contributed by atoms with Crippen LogP contribution >= 0.6 is 0 Å². The smallest absolute Gasteiger partial charge is 0.234 e. The van der Waals surface area contributed by atoms with Crippen molar-refractivity contribution in [3.05, 3.63) is 23.5 Å². The van der Waals surface area contributed by atoms with Gasteiger partial charge < -0.3 is 0 Å². The van der Waals surface area contributed by atoms with E-state index in [1.807, 2.05) is 0 Å². The van der Waals surface area contributed by atoms with Gasteiger partial charge in [0, 0.05) is 0 Å². The van der Waals surface area contributed by atoms with Crippen LogP contribution in [0.15, 0.2) is 6.20 Å². The summed E-state index contributed by atoms with van der Waals surface area (Å²) in [5, 5.41) is 0. The third-order valence-electron chi connectivity index (χ3n) is 1.01. The van der Waals surface area contributed by atoms with Gasteiger partial charge in [-0.25, -0.2) is 4.98 Å². The molecular weight excluding hydrogens is 119 g/mol. The molecule has 0 atom stereocenters. The van der Waals surface area contributed by atoms with Gasteiger partial charge in [0.1, 0.15) is 0 Å². The molecule has 1 aromatic rings. The first-order valence-electron chi connectivity index (χ1n) is 2.66. The van der Waals surface area contributed by atoms with Crippen LogP contribution in [0, 0.1) is 19.8 Å². The molecule has 48 valence electrons. The molecule has 0 N–H and O–H groups in total. The number of aromatic nitrogens is 2. The topological polar surface area (TPSA) is 25.8 Å². The molecule has 9 heavy (non-hydrogen) atoms. The van der Waals surface area contributed by atoms with Crippen LogP contribution in [0.2, 0.25) is 0 Å². The van der Waals surface area contributed by atoms with Gasteiger partial charge in [-0.15, -0.1) is 0 Å². The SMILES string of the molecule is Cc1cnc(F)c(C)n1. The average molecular weight is 126 g/mol. The highest BCUT2D eigenvalue weighted by Crippen LogP contribution is 1.97. The van der Waals surface area contributed by atoms with Crippen molar-refractivity contribution in [1.29, 1.82) is 0 Å². The highest BCUT2D eigenvalue weighted by molar-refractivity contribution is 5.00. The van der Waals surface area contributed by atoms with Crippen LogP contribution in [-0.2, 0) is 0 Å². The van der Waals surface area contributed by atoms with E-state index in [1.54, 1.807) is 13.8 Å². The van der Waals surface area contributed by atoms with Crippen molar-refractivity contribution in [1.82, 2.24) is 9.97 Å². The quantitative estimate of drug-likeness (QED) is 0.522. The lowest BCUT2D eigenvalue weighted by molar-refractivity contribution is 0.563. The summed E-state index contributed by atoms with van der Waals surface area (Å²) in [6.45, 7) is 3.37. The van der Waals surface area contributed by atoms with Gasteiger partial charge in [-0.3, -0.25) is 4.98 Å². The second-order valence-corrected chi connectivity index (χ2v) is 1.89. The van der Waals surface area contributed by atoms with Crippen molar-refractivity contribution in [2.75, 3.05) is 0 Å². The lowest BCUT2D eigenvalue weighted by Crippen LogP contribution is -1.93. The van der Waals surface area contributed by atoms with E-state index >= 15 is 0 Å². The molecule has 0 spiro atoms. The lowest BCUT2D eigenvalue weighted by Gasteiger charge is -1.93. The average Bonchev–Trinajstić information content (AvgIpc) is 1.80. The molecule has 0 radical (unpaired) electrons. The van der Waals surface area contributed by atoms with Crippen molar-refractivity contribution in [2.45, 2.75) is 13.8 Å². The second-order valence-electron chi connectivity index (χ2n) is 1.89. The maximum absolute atomic E-state index is 12.3. The van der Waals surface area contributed by atoms with Gasteiger partial charge in [-0.1, -0.05) is 0 Å². The number of hydrogen-bond acceptors (Lipinski definition) is 2. The Morgan fingerprint density at radius 3 is 2.56 bits per heavy atom. The van der Waals surface area contributed by atoms with E-state index < -0.39 is 5.95 Å². The van der Waals surface area contributed by atoms with Crippen LogP contribution in [0.5, 0.6) is 0 Å². The molecule has 1 rings (SSSR count). The Labute approximate surface area is 52.8 Å². The van der Waals surface area contributed by atoms with Crippen molar-refractivity contribution in [2.24, 2.45) is 0 Å². The third kappa shape index (κ3) is 1.22. The molecule has 0 saturated heterocycles. The Hall–Kier alpha value is -0.990. The summed E-state index contributed by atoms with van der Waals surface area (Å²) >= 11 is 0. The Kier molecular flexibility index (Phi) is 1.42. The summed E-state index contributed by atoms with van der Waals surface area (Å²) in [5.41, 5.74) is 1.10. The molecule has 0 aliphatic heterocycles. The van der Waals surface area contributed by atoms with Crippen LogP contribution < -0.4 is 0 Å². The number of nitrogens with zero attached hydrogens (tertiary/aromatic N) is 2. The summed E-state index contributed by atoms with van der Waals surface area (Å²) in [5.74, 6) is -0.486. The summed E-state index contributed by atoms with van der Waals surface area (Å²) in [6, 6.07) is 0. The molecule has 0 saturated carbocycles. The molecule has 0 fully saturated rings. The van der Waals surface area contributed by atoms with Crippen LogP contribution in [-0.4, -0.2) is 9.97 Å². The van der Waals surface area contributed by atoms with Gasteiger partial charge in [0.25, 0.3) is 0 Å². The van der Waals surface area contributed by atoms with E-state index in [2.05, 4.69) is 9.97 Å². The Morgan fingerprint density at radius 2 is 2.11 bits per heavy atom.